The number of imidazole rings is 1. The molecule has 4 aromatic rings. The van der Waals surface area contributed by atoms with Gasteiger partial charge in [0.2, 0.25) is 11.7 Å². The summed E-state index contributed by atoms with van der Waals surface area (Å²) in [5.41, 5.74) is 0.907. The van der Waals surface area contributed by atoms with Crippen molar-refractivity contribution >= 4 is 33.7 Å². The summed E-state index contributed by atoms with van der Waals surface area (Å²) in [4.78, 5) is 26.2. The first-order valence-corrected chi connectivity index (χ1v) is 11.5. The molecule has 0 bridgehead atoms. The number of benzene rings is 2. The van der Waals surface area contributed by atoms with Crippen LogP contribution in [0.2, 0.25) is 0 Å². The Morgan fingerprint density at radius 2 is 1.91 bits per heavy atom. The van der Waals surface area contributed by atoms with Gasteiger partial charge >= 0.3 is 0 Å². The van der Waals surface area contributed by atoms with Crippen molar-refractivity contribution in [1.82, 2.24) is 24.8 Å². The number of aliphatic hydroxyl groups excluding tert-OH is 2. The molecule has 2 aliphatic carbocycles. The molecule has 0 spiro atoms. The van der Waals surface area contributed by atoms with E-state index in [1.165, 1.54) is 0 Å². The van der Waals surface area contributed by atoms with Crippen LogP contribution in [0.5, 0.6) is 0 Å². The molecule has 176 valence electrons. The third-order valence-electron chi connectivity index (χ3n) is 7.40. The lowest BCUT2D eigenvalue weighted by atomic mass is 9.98. The monoisotopic (exact) mass is 468 g/mol. The Bertz CT molecular complexity index is 1550. The molecule has 9 heteroatoms. The van der Waals surface area contributed by atoms with Gasteiger partial charge in [0.25, 0.3) is 0 Å². The molecule has 2 heterocycles. The number of carbonyl (C=O) groups excluding carboxylic acids is 1. The number of aliphatic hydroxyl groups is 2. The fourth-order valence-corrected chi connectivity index (χ4v) is 5.61. The number of carbonyl (C=O) groups is 1. The van der Waals surface area contributed by atoms with E-state index in [4.69, 9.17) is 0 Å². The van der Waals surface area contributed by atoms with E-state index >= 15 is 0 Å². The van der Waals surface area contributed by atoms with E-state index in [0.29, 0.717) is 29.2 Å². The van der Waals surface area contributed by atoms with Crippen molar-refractivity contribution in [2.75, 3.05) is 19.4 Å². The molecule has 6 rings (SSSR count). The topological polar surface area (TPSA) is 125 Å². The van der Waals surface area contributed by atoms with E-state index in [2.05, 4.69) is 37.4 Å². The molecule has 35 heavy (non-hydrogen) atoms. The molecule has 5 atom stereocenters. The molecule has 0 saturated heterocycles. The number of hydrogen-bond acceptors (Lipinski definition) is 7. The highest BCUT2D eigenvalue weighted by atomic mass is 16.3. The lowest BCUT2D eigenvalue weighted by Crippen LogP contribution is -2.41. The Kier molecular flexibility index (Phi) is 4.78. The van der Waals surface area contributed by atoms with Crippen molar-refractivity contribution in [1.29, 1.82) is 0 Å². The van der Waals surface area contributed by atoms with Gasteiger partial charge in [0, 0.05) is 25.6 Å². The second kappa shape index (κ2) is 7.77. The number of amides is 1. The van der Waals surface area contributed by atoms with Crippen molar-refractivity contribution in [3.8, 4) is 11.8 Å². The Morgan fingerprint density at radius 3 is 2.71 bits per heavy atom. The zero-order valence-corrected chi connectivity index (χ0v) is 19.2. The number of nitrogens with zero attached hydrogens (tertiary/aromatic N) is 4. The van der Waals surface area contributed by atoms with Crippen LogP contribution in [0.1, 0.15) is 23.9 Å². The smallest absolute Gasteiger partial charge is 0.229 e. The summed E-state index contributed by atoms with van der Waals surface area (Å²) in [6, 6.07) is 13.5. The van der Waals surface area contributed by atoms with Gasteiger partial charge in [-0.15, -0.1) is 0 Å². The molecular formula is C26H24N6O3. The number of aromatic nitrogens is 4. The molecule has 0 radical (unpaired) electrons. The van der Waals surface area contributed by atoms with Crippen molar-refractivity contribution < 1.29 is 15.0 Å². The normalized spacial score (nSPS) is 26.7. The number of anilines is 1. The van der Waals surface area contributed by atoms with E-state index in [-0.39, 0.29) is 11.8 Å². The molecular weight excluding hydrogens is 444 g/mol. The summed E-state index contributed by atoms with van der Waals surface area (Å²) in [7, 11) is 3.28. The van der Waals surface area contributed by atoms with Crippen LogP contribution in [0.15, 0.2) is 48.8 Å². The van der Waals surface area contributed by atoms with Crippen LogP contribution in [0, 0.1) is 23.2 Å². The highest BCUT2D eigenvalue weighted by Crippen LogP contribution is 2.67. The Hall–Kier alpha value is -4.00. The SMILES string of the molecule is CNC(=O)[C@@]12C[C@@H]1[C@@H](n1cnc3c(NC)nc(C#Cc4cccc5ccccc45)nc31)[C@H](O)[C@@H]2O. The fraction of sp³-hybridized carbons (Fsp3) is 0.308. The van der Waals surface area contributed by atoms with Gasteiger partial charge < -0.3 is 25.4 Å². The van der Waals surface area contributed by atoms with Crippen LogP contribution >= 0.6 is 0 Å². The highest BCUT2D eigenvalue weighted by molar-refractivity contribution is 5.89. The Morgan fingerprint density at radius 1 is 1.11 bits per heavy atom. The second-order valence-corrected chi connectivity index (χ2v) is 9.10. The Balaban J connectivity index is 1.44. The zero-order valence-electron chi connectivity index (χ0n) is 19.2. The van der Waals surface area contributed by atoms with Gasteiger partial charge in [-0.05, 0) is 29.2 Å². The molecule has 4 N–H and O–H groups in total. The van der Waals surface area contributed by atoms with Crippen molar-refractivity contribution in [3.05, 3.63) is 60.2 Å². The second-order valence-electron chi connectivity index (χ2n) is 9.10. The molecule has 1 amide bonds. The van der Waals surface area contributed by atoms with Gasteiger partial charge in [0.1, 0.15) is 6.10 Å². The maximum atomic E-state index is 12.5. The predicted molar refractivity (Wildman–Crippen MR) is 130 cm³/mol. The lowest BCUT2D eigenvalue weighted by molar-refractivity contribution is -0.132. The number of fused-ring (bicyclic) bond motifs is 3. The van der Waals surface area contributed by atoms with Crippen molar-refractivity contribution in [2.45, 2.75) is 24.7 Å². The Labute approximate surface area is 201 Å². The highest BCUT2D eigenvalue weighted by Gasteiger charge is 2.75. The summed E-state index contributed by atoms with van der Waals surface area (Å²) in [5, 5.41) is 29.4. The maximum Gasteiger partial charge on any atom is 0.229 e. The summed E-state index contributed by atoms with van der Waals surface area (Å²) in [6.45, 7) is 0. The minimum atomic E-state index is -1.16. The van der Waals surface area contributed by atoms with Crippen molar-refractivity contribution in [2.24, 2.45) is 11.3 Å². The number of rotatable bonds is 3. The quantitative estimate of drug-likeness (QED) is 0.336. The molecule has 9 nitrogen and oxygen atoms in total. The molecule has 0 aliphatic heterocycles. The minimum Gasteiger partial charge on any atom is -0.389 e. The maximum absolute atomic E-state index is 12.5. The van der Waals surface area contributed by atoms with Gasteiger partial charge in [-0.1, -0.05) is 42.3 Å². The van der Waals surface area contributed by atoms with Crippen LogP contribution in [0.4, 0.5) is 5.82 Å². The number of hydrogen-bond donors (Lipinski definition) is 4. The van der Waals surface area contributed by atoms with Gasteiger partial charge in [0.05, 0.1) is 23.9 Å². The van der Waals surface area contributed by atoms with E-state index in [1.54, 1.807) is 25.0 Å². The summed E-state index contributed by atoms with van der Waals surface area (Å²) in [6.07, 6.45) is -0.207. The van der Waals surface area contributed by atoms with Crippen LogP contribution in [-0.2, 0) is 4.79 Å². The van der Waals surface area contributed by atoms with Crippen LogP contribution in [0.25, 0.3) is 21.9 Å². The first kappa shape index (κ1) is 21.5. The predicted octanol–water partition coefficient (Wildman–Crippen LogP) is 1.45. The molecule has 2 aromatic heterocycles. The molecule has 2 saturated carbocycles. The van der Waals surface area contributed by atoms with E-state index in [9.17, 15) is 15.0 Å². The minimum absolute atomic E-state index is 0.219. The van der Waals surface area contributed by atoms with Gasteiger partial charge in [0.15, 0.2) is 17.0 Å². The average Bonchev–Trinajstić information content (AvgIpc) is 3.43. The zero-order chi connectivity index (χ0) is 24.3. The molecule has 2 aliphatic rings. The van der Waals surface area contributed by atoms with E-state index in [0.717, 1.165) is 16.3 Å². The summed E-state index contributed by atoms with van der Waals surface area (Å²) < 4.78 is 1.75. The molecule has 2 aromatic carbocycles. The van der Waals surface area contributed by atoms with E-state index < -0.39 is 23.7 Å². The third-order valence-corrected chi connectivity index (χ3v) is 7.40. The van der Waals surface area contributed by atoms with Crippen LogP contribution < -0.4 is 10.6 Å². The van der Waals surface area contributed by atoms with Crippen LogP contribution in [0.3, 0.4) is 0 Å². The fourth-order valence-electron chi connectivity index (χ4n) is 5.61. The van der Waals surface area contributed by atoms with Crippen LogP contribution in [-0.4, -0.2) is 61.9 Å². The first-order chi connectivity index (χ1) is 17.0. The molecule has 0 unspecified atom stereocenters. The first-order valence-electron chi connectivity index (χ1n) is 11.5. The van der Waals surface area contributed by atoms with E-state index in [1.807, 2.05) is 42.5 Å². The van der Waals surface area contributed by atoms with Gasteiger partial charge in [-0.3, -0.25) is 4.79 Å². The average molecular weight is 469 g/mol. The van der Waals surface area contributed by atoms with Gasteiger partial charge in [-0.25, -0.2) is 15.0 Å². The van der Waals surface area contributed by atoms with Gasteiger partial charge in [-0.2, -0.15) is 0 Å². The third kappa shape index (κ3) is 3.04. The summed E-state index contributed by atoms with van der Waals surface area (Å²) >= 11 is 0. The standard InChI is InChI=1S/C26H24N6O3/c1-27-23-19-24(31-18(30-23)11-10-15-8-5-7-14-6-3-4-9-16(14)15)32(13-29-19)20-17-12-26(17,25(35)28-2)22(34)21(20)33/h3-9,13,17,20-22,33-34H,12H2,1-2H3,(H,28,35)(H,27,30,31)/t17-,20-,21+,22+,26+/m1/s1. The molecule has 2 fully saturated rings. The largest absolute Gasteiger partial charge is 0.389 e. The lowest BCUT2D eigenvalue weighted by Gasteiger charge is -2.23. The van der Waals surface area contributed by atoms with Crippen molar-refractivity contribution in [3.63, 3.8) is 0 Å². The number of nitrogens with one attached hydrogen (secondary N) is 2. The summed E-state index contributed by atoms with van der Waals surface area (Å²) in [5.74, 6) is 6.60.